The Labute approximate surface area is 176 Å². The molecule has 0 saturated heterocycles. The number of anilines is 3. The maximum atomic E-state index is 12.7. The van der Waals surface area contributed by atoms with Crippen LogP contribution in [0.15, 0.2) is 64.2 Å². The number of hydrogen-bond acceptors (Lipinski definition) is 5. The molecule has 1 fully saturated rings. The van der Waals surface area contributed by atoms with Crippen LogP contribution >= 0.6 is 0 Å². The van der Waals surface area contributed by atoms with E-state index in [4.69, 9.17) is 4.74 Å². The third kappa shape index (κ3) is 4.73. The normalized spacial score (nSPS) is 19.2. The first-order valence-corrected chi connectivity index (χ1v) is 10.1. The molecule has 0 unspecified atom stereocenters. The summed E-state index contributed by atoms with van der Waals surface area (Å²) in [6.45, 7) is 0. The monoisotopic (exact) mass is 430 g/mol. The van der Waals surface area contributed by atoms with Crippen LogP contribution in [0.4, 0.5) is 30.2 Å². The zero-order valence-corrected chi connectivity index (χ0v) is 16.5. The van der Waals surface area contributed by atoms with Gasteiger partial charge < -0.3 is 15.4 Å². The van der Waals surface area contributed by atoms with Gasteiger partial charge in [0.15, 0.2) is 0 Å². The maximum absolute atomic E-state index is 12.7. The summed E-state index contributed by atoms with van der Waals surface area (Å²) >= 11 is 0. The molecule has 0 atom stereocenters. The molecule has 0 aromatic heterocycles. The van der Waals surface area contributed by atoms with Gasteiger partial charge in [-0.2, -0.15) is 13.2 Å². The molecule has 1 aliphatic carbocycles. The van der Waals surface area contributed by atoms with Gasteiger partial charge in [-0.15, -0.1) is 0 Å². The first-order chi connectivity index (χ1) is 14.8. The molecule has 0 spiro atoms. The Hall–Kier alpha value is -3.29. The highest BCUT2D eigenvalue weighted by atomic mass is 19.4. The first-order valence-electron chi connectivity index (χ1n) is 10.1. The number of benzene rings is 2. The average molecular weight is 430 g/mol. The SMILES string of the molecule is O=c1c(Nc2ccccc2)c(NC2CCC(Oc3ccc(C(F)(F)F)cc3)CC2)c1=O. The van der Waals surface area contributed by atoms with Crippen molar-refractivity contribution in [2.45, 2.75) is 44.0 Å². The molecule has 0 aliphatic heterocycles. The Kier molecular flexibility index (Phi) is 5.71. The smallest absolute Gasteiger partial charge is 0.416 e. The van der Waals surface area contributed by atoms with E-state index >= 15 is 0 Å². The van der Waals surface area contributed by atoms with Crippen LogP contribution in [0, 0.1) is 0 Å². The summed E-state index contributed by atoms with van der Waals surface area (Å²) in [7, 11) is 0. The summed E-state index contributed by atoms with van der Waals surface area (Å²) in [5, 5.41) is 6.18. The molecule has 5 nitrogen and oxygen atoms in total. The Balaban J connectivity index is 1.32. The summed E-state index contributed by atoms with van der Waals surface area (Å²) in [5.41, 5.74) is -0.459. The average Bonchev–Trinajstić information content (AvgIpc) is 2.77. The Bertz CT molecular complexity index is 1100. The van der Waals surface area contributed by atoms with Crippen molar-refractivity contribution in [3.63, 3.8) is 0 Å². The van der Waals surface area contributed by atoms with E-state index in [1.54, 1.807) is 0 Å². The predicted molar refractivity (Wildman–Crippen MR) is 113 cm³/mol. The molecular formula is C23H21F3N2O3. The lowest BCUT2D eigenvalue weighted by molar-refractivity contribution is -0.137. The van der Waals surface area contributed by atoms with Gasteiger partial charge in [0.1, 0.15) is 17.1 Å². The molecule has 3 aromatic carbocycles. The molecule has 1 aliphatic rings. The lowest BCUT2D eigenvalue weighted by atomic mass is 9.92. The fourth-order valence-corrected chi connectivity index (χ4v) is 3.76. The van der Waals surface area contributed by atoms with Crippen LogP contribution in [-0.2, 0) is 6.18 Å². The van der Waals surface area contributed by atoms with Gasteiger partial charge in [-0.25, -0.2) is 0 Å². The lowest BCUT2D eigenvalue weighted by Crippen LogP contribution is -2.40. The largest absolute Gasteiger partial charge is 0.490 e. The zero-order valence-electron chi connectivity index (χ0n) is 16.5. The molecule has 0 bridgehead atoms. The van der Waals surface area contributed by atoms with Crippen molar-refractivity contribution in [2.75, 3.05) is 10.6 Å². The molecule has 162 valence electrons. The van der Waals surface area contributed by atoms with E-state index in [9.17, 15) is 22.8 Å². The fourth-order valence-electron chi connectivity index (χ4n) is 3.76. The number of halogens is 3. The number of rotatable bonds is 6. The van der Waals surface area contributed by atoms with Gasteiger partial charge in [0, 0.05) is 11.7 Å². The molecule has 1 saturated carbocycles. The third-order valence-electron chi connectivity index (χ3n) is 5.46. The molecule has 4 rings (SSSR count). The Morgan fingerprint density at radius 3 is 2.03 bits per heavy atom. The van der Waals surface area contributed by atoms with Crippen molar-refractivity contribution in [3.8, 4) is 5.75 Å². The van der Waals surface area contributed by atoms with E-state index in [0.717, 1.165) is 30.7 Å². The van der Waals surface area contributed by atoms with Crippen LogP contribution in [0.1, 0.15) is 31.2 Å². The molecule has 2 N–H and O–H groups in total. The molecule has 8 heteroatoms. The number of hydrogen-bond donors (Lipinski definition) is 2. The van der Waals surface area contributed by atoms with Crippen LogP contribution < -0.4 is 26.2 Å². The van der Waals surface area contributed by atoms with Gasteiger partial charge in [-0.05, 0) is 62.1 Å². The number of ether oxygens (including phenoxy) is 1. The third-order valence-corrected chi connectivity index (χ3v) is 5.46. The van der Waals surface area contributed by atoms with Crippen molar-refractivity contribution < 1.29 is 17.9 Å². The van der Waals surface area contributed by atoms with Gasteiger partial charge in [-0.1, -0.05) is 18.2 Å². The number of nitrogens with one attached hydrogen (secondary N) is 2. The standard InChI is InChI=1S/C23H21F3N2O3/c24-23(25,26)14-6-10-17(11-7-14)31-18-12-8-16(9-13-18)28-20-19(21(29)22(20)30)27-15-4-2-1-3-5-15/h1-7,10-11,16,18,27-28H,8-9,12-13H2. The van der Waals surface area contributed by atoms with Crippen LogP contribution in [0.3, 0.4) is 0 Å². The number of alkyl halides is 3. The molecule has 0 heterocycles. The van der Waals surface area contributed by atoms with E-state index < -0.39 is 22.6 Å². The molecule has 3 aromatic rings. The minimum atomic E-state index is -4.37. The fraction of sp³-hybridized carbons (Fsp3) is 0.304. The van der Waals surface area contributed by atoms with E-state index in [1.807, 2.05) is 30.3 Å². The predicted octanol–water partition coefficient (Wildman–Crippen LogP) is 4.85. The second-order valence-electron chi connectivity index (χ2n) is 7.66. The quantitative estimate of drug-likeness (QED) is 0.548. The molecule has 0 radical (unpaired) electrons. The van der Waals surface area contributed by atoms with E-state index in [2.05, 4.69) is 10.6 Å². The summed E-state index contributed by atoms with van der Waals surface area (Å²) in [6, 6.07) is 13.8. The molecular weight excluding hydrogens is 409 g/mol. The van der Waals surface area contributed by atoms with Crippen molar-refractivity contribution in [1.29, 1.82) is 0 Å². The summed E-state index contributed by atoms with van der Waals surface area (Å²) in [5.74, 6) is 0.404. The highest BCUT2D eigenvalue weighted by Crippen LogP contribution is 2.32. The van der Waals surface area contributed by atoms with Crippen molar-refractivity contribution in [3.05, 3.63) is 80.6 Å². The van der Waals surface area contributed by atoms with E-state index in [0.29, 0.717) is 24.3 Å². The van der Waals surface area contributed by atoms with Gasteiger partial charge in [-0.3, -0.25) is 9.59 Å². The Morgan fingerprint density at radius 1 is 0.806 bits per heavy atom. The second-order valence-corrected chi connectivity index (χ2v) is 7.66. The Morgan fingerprint density at radius 2 is 1.42 bits per heavy atom. The zero-order chi connectivity index (χ0) is 22.0. The summed E-state index contributed by atoms with van der Waals surface area (Å²) in [4.78, 5) is 24.0. The van der Waals surface area contributed by atoms with Crippen molar-refractivity contribution in [1.82, 2.24) is 0 Å². The first kappa shape index (κ1) is 21.0. The highest BCUT2D eigenvalue weighted by Gasteiger charge is 2.31. The molecule has 31 heavy (non-hydrogen) atoms. The van der Waals surface area contributed by atoms with Crippen LogP contribution in [-0.4, -0.2) is 12.1 Å². The van der Waals surface area contributed by atoms with Gasteiger partial charge in [0.05, 0.1) is 11.7 Å². The van der Waals surface area contributed by atoms with Gasteiger partial charge in [0.2, 0.25) is 0 Å². The van der Waals surface area contributed by atoms with Crippen molar-refractivity contribution >= 4 is 17.1 Å². The van der Waals surface area contributed by atoms with Crippen molar-refractivity contribution in [2.24, 2.45) is 0 Å². The van der Waals surface area contributed by atoms with Gasteiger partial charge in [0.25, 0.3) is 10.9 Å². The summed E-state index contributed by atoms with van der Waals surface area (Å²) < 4.78 is 43.8. The van der Waals surface area contributed by atoms with Crippen LogP contribution in [0.2, 0.25) is 0 Å². The van der Waals surface area contributed by atoms with E-state index in [1.165, 1.54) is 12.1 Å². The van der Waals surface area contributed by atoms with Gasteiger partial charge >= 0.3 is 6.18 Å². The van der Waals surface area contributed by atoms with Crippen LogP contribution in [0.25, 0.3) is 0 Å². The van der Waals surface area contributed by atoms with Crippen LogP contribution in [0.5, 0.6) is 5.75 Å². The number of para-hydroxylation sites is 1. The second kappa shape index (κ2) is 8.45. The minimum absolute atomic E-state index is 0.0204. The topological polar surface area (TPSA) is 67.4 Å². The highest BCUT2D eigenvalue weighted by molar-refractivity contribution is 5.78. The molecule has 0 amide bonds. The maximum Gasteiger partial charge on any atom is 0.416 e. The minimum Gasteiger partial charge on any atom is -0.490 e. The summed E-state index contributed by atoms with van der Waals surface area (Å²) in [6.07, 6.45) is -1.66. The van der Waals surface area contributed by atoms with E-state index in [-0.39, 0.29) is 17.8 Å². The lowest BCUT2D eigenvalue weighted by Gasteiger charge is -2.31.